The molecule has 1 aliphatic carbocycles. The van der Waals surface area contributed by atoms with E-state index >= 15 is 0 Å². The number of methoxy groups -OCH3 is 2. The third-order valence-corrected chi connectivity index (χ3v) is 15.2. The van der Waals surface area contributed by atoms with E-state index in [0.29, 0.717) is 42.8 Å². The summed E-state index contributed by atoms with van der Waals surface area (Å²) in [4.78, 5) is 84.0. The number of rotatable bonds is 10. The molecule has 3 aromatic rings. The minimum absolute atomic E-state index is 0.0416. The van der Waals surface area contributed by atoms with Crippen LogP contribution in [-0.2, 0) is 36.1 Å². The Morgan fingerprint density at radius 3 is 2.20 bits per heavy atom. The Balaban J connectivity index is 0.768. The van der Waals surface area contributed by atoms with Gasteiger partial charge in [-0.3, -0.25) is 39.1 Å². The van der Waals surface area contributed by atoms with Crippen molar-refractivity contribution in [2.75, 3.05) is 54.0 Å². The number of nitrogens with zero attached hydrogens (tertiary/aromatic N) is 5. The van der Waals surface area contributed by atoms with Gasteiger partial charge in [-0.2, -0.15) is 0 Å². The smallest absolute Gasteiger partial charge is 0.317 e. The Hall–Kier alpha value is -5.74. The van der Waals surface area contributed by atoms with Crippen molar-refractivity contribution in [2.45, 2.75) is 96.0 Å². The third kappa shape index (κ3) is 7.92. The summed E-state index contributed by atoms with van der Waals surface area (Å²) in [5.41, 5.74) is 5.10. The number of fused-ring (bicyclic) bond motifs is 2. The first-order valence-corrected chi connectivity index (χ1v) is 22.7. The molecule has 0 radical (unpaired) electrons. The lowest BCUT2D eigenvalue weighted by Crippen LogP contribution is -2.54. The van der Waals surface area contributed by atoms with Crippen LogP contribution in [0.15, 0.2) is 41.3 Å². The molecular formula is C48H59N7O9. The van der Waals surface area contributed by atoms with Crippen molar-refractivity contribution in [1.82, 2.24) is 34.8 Å². The molecule has 6 amide bonds. The Labute approximate surface area is 373 Å². The van der Waals surface area contributed by atoms with Gasteiger partial charge in [-0.15, -0.1) is 0 Å². The second-order valence-corrected chi connectivity index (χ2v) is 18.7. The fourth-order valence-electron chi connectivity index (χ4n) is 11.3. The molecule has 2 aromatic carbocycles. The molecule has 1 aromatic heterocycles. The molecule has 6 aliphatic rings. The van der Waals surface area contributed by atoms with Crippen LogP contribution in [0.5, 0.6) is 17.2 Å². The van der Waals surface area contributed by atoms with E-state index in [9.17, 15) is 28.8 Å². The first kappa shape index (κ1) is 43.5. The monoisotopic (exact) mass is 877 g/mol. The van der Waals surface area contributed by atoms with Gasteiger partial charge in [0.2, 0.25) is 11.8 Å². The highest BCUT2D eigenvalue weighted by molar-refractivity contribution is 6.23. The number of urea groups is 1. The summed E-state index contributed by atoms with van der Waals surface area (Å²) in [5, 5.41) is 4.92. The van der Waals surface area contributed by atoms with Gasteiger partial charge in [-0.25, -0.2) is 4.79 Å². The van der Waals surface area contributed by atoms with Crippen LogP contribution in [0.1, 0.15) is 95.7 Å². The van der Waals surface area contributed by atoms with Gasteiger partial charge in [0.05, 0.1) is 43.6 Å². The van der Waals surface area contributed by atoms with Gasteiger partial charge in [0.1, 0.15) is 23.3 Å². The Kier molecular flexibility index (Phi) is 11.8. The lowest BCUT2D eigenvalue weighted by molar-refractivity contribution is -0.136. The molecule has 4 fully saturated rings. The number of ether oxygens (including phenoxy) is 3. The molecule has 2 N–H and O–H groups in total. The quantitative estimate of drug-likeness (QED) is 0.281. The van der Waals surface area contributed by atoms with Crippen LogP contribution < -0.4 is 30.4 Å². The molecule has 0 bridgehead atoms. The summed E-state index contributed by atoms with van der Waals surface area (Å²) in [7, 11) is 6.73. The predicted molar refractivity (Wildman–Crippen MR) is 236 cm³/mol. The highest BCUT2D eigenvalue weighted by Crippen LogP contribution is 2.51. The van der Waals surface area contributed by atoms with Crippen molar-refractivity contribution in [2.24, 2.45) is 18.4 Å². The number of amides is 6. The number of benzene rings is 2. The van der Waals surface area contributed by atoms with Gasteiger partial charge in [0.15, 0.2) is 0 Å². The van der Waals surface area contributed by atoms with E-state index in [0.717, 1.165) is 103 Å². The van der Waals surface area contributed by atoms with Crippen LogP contribution in [0.25, 0.3) is 11.1 Å². The van der Waals surface area contributed by atoms with Crippen LogP contribution in [-0.4, -0.2) is 126 Å². The number of hydrogen-bond acceptors (Lipinski definition) is 11. The molecule has 2 atom stereocenters. The molecule has 64 heavy (non-hydrogen) atoms. The third-order valence-electron chi connectivity index (χ3n) is 15.2. The standard InChI is InChI=1S/C48H59N7O9/c1-28(53-18-13-48(14-19-53)23-32(24-48)64-31-6-7-34-35(22-31)46(60)55(45(34)59)39-8-9-42(56)50-43(39)57)29-10-15-52(16-11-29)26-38-40(62-4)20-30(21-41(38)63-5)36-25-51(3)44(58)37-27-54(47(61)49-2)17-12-33(36)37/h6-7,20-22,25,28-29,32,39H,8-19,23-24,26-27H2,1-5H3,(H,49,61)(H,50,56,57). The van der Waals surface area contributed by atoms with Gasteiger partial charge >= 0.3 is 6.03 Å². The van der Waals surface area contributed by atoms with Crippen LogP contribution in [0.2, 0.25) is 0 Å². The molecule has 2 unspecified atom stereocenters. The average Bonchev–Trinajstić information content (AvgIpc) is 3.54. The predicted octanol–water partition coefficient (Wildman–Crippen LogP) is 4.09. The highest BCUT2D eigenvalue weighted by atomic mass is 16.5. The molecule has 16 heteroatoms. The zero-order valence-electron chi connectivity index (χ0n) is 37.5. The average molecular weight is 878 g/mol. The van der Waals surface area contributed by atoms with E-state index in [2.05, 4.69) is 39.5 Å². The van der Waals surface area contributed by atoms with Gasteiger partial charge in [0, 0.05) is 57.0 Å². The van der Waals surface area contributed by atoms with Crippen molar-refractivity contribution >= 4 is 29.7 Å². The molecule has 16 nitrogen and oxygen atoms in total. The normalized spacial score (nSPS) is 22.2. The number of aryl methyl sites for hydroxylation is 1. The molecule has 340 valence electrons. The zero-order chi connectivity index (χ0) is 45.0. The van der Waals surface area contributed by atoms with E-state index in [1.165, 1.54) is 0 Å². The maximum absolute atomic E-state index is 13.3. The summed E-state index contributed by atoms with van der Waals surface area (Å²) in [6.45, 7) is 7.97. The van der Waals surface area contributed by atoms with E-state index in [1.807, 2.05) is 6.20 Å². The number of pyridine rings is 1. The lowest BCUT2D eigenvalue weighted by Gasteiger charge is -2.53. The van der Waals surface area contributed by atoms with Crippen molar-refractivity contribution in [3.05, 3.63) is 74.7 Å². The molecule has 1 saturated carbocycles. The maximum Gasteiger partial charge on any atom is 0.317 e. The van der Waals surface area contributed by atoms with Gasteiger partial charge in [0.25, 0.3) is 17.4 Å². The lowest BCUT2D eigenvalue weighted by atomic mass is 9.61. The molecule has 1 spiro atoms. The van der Waals surface area contributed by atoms with Crippen LogP contribution in [0.4, 0.5) is 4.79 Å². The van der Waals surface area contributed by atoms with Crippen LogP contribution in [0.3, 0.4) is 0 Å². The van der Waals surface area contributed by atoms with E-state index in [-0.39, 0.29) is 53.6 Å². The SMILES string of the molecule is CNC(=O)N1CCc2c(-c3cc(OC)c(CN4CCC(C(C)N5CCC6(CC5)CC(Oc5ccc7c(c5)C(=O)N(C5CCC(=O)NC5=O)C7=O)C6)CC4)c(OC)c3)cn(C)c(=O)c2C1. The van der Waals surface area contributed by atoms with Crippen LogP contribution in [0, 0.1) is 11.3 Å². The van der Waals surface area contributed by atoms with Gasteiger partial charge in [-0.1, -0.05) is 0 Å². The van der Waals surface area contributed by atoms with E-state index in [4.69, 9.17) is 14.2 Å². The Morgan fingerprint density at radius 1 is 0.859 bits per heavy atom. The molecule has 9 rings (SSSR count). The topological polar surface area (TPSA) is 172 Å². The summed E-state index contributed by atoms with van der Waals surface area (Å²) in [6.07, 6.45) is 9.09. The Bertz CT molecular complexity index is 2420. The Morgan fingerprint density at radius 2 is 1.55 bits per heavy atom. The van der Waals surface area contributed by atoms with E-state index in [1.54, 1.807) is 56.0 Å². The van der Waals surface area contributed by atoms with Crippen molar-refractivity contribution < 1.29 is 38.2 Å². The van der Waals surface area contributed by atoms with Gasteiger partial charge < -0.3 is 33.9 Å². The summed E-state index contributed by atoms with van der Waals surface area (Å²) >= 11 is 0. The second kappa shape index (κ2) is 17.3. The minimum atomic E-state index is -0.993. The first-order chi connectivity index (χ1) is 30.8. The largest absolute Gasteiger partial charge is 0.496 e. The number of piperidine rings is 3. The summed E-state index contributed by atoms with van der Waals surface area (Å²) in [5.74, 6) is 0.584. The number of carbonyl (C=O) groups is 5. The fourth-order valence-corrected chi connectivity index (χ4v) is 11.3. The van der Waals surface area contributed by atoms with Crippen molar-refractivity contribution in [3.63, 3.8) is 0 Å². The van der Waals surface area contributed by atoms with Gasteiger partial charge in [-0.05, 0) is 137 Å². The highest BCUT2D eigenvalue weighted by Gasteiger charge is 2.49. The number of likely N-dealkylation sites (tertiary alicyclic amines) is 2. The molecule has 6 heterocycles. The van der Waals surface area contributed by atoms with Crippen molar-refractivity contribution in [1.29, 1.82) is 0 Å². The molecule has 3 saturated heterocycles. The fraction of sp³-hybridized carbons (Fsp3) is 0.542. The van der Waals surface area contributed by atoms with E-state index < -0.39 is 29.7 Å². The number of imide groups is 2. The van der Waals surface area contributed by atoms with Crippen LogP contribution >= 0.6 is 0 Å². The first-order valence-electron chi connectivity index (χ1n) is 22.7. The maximum atomic E-state index is 13.3. The van der Waals surface area contributed by atoms with Crippen molar-refractivity contribution in [3.8, 4) is 28.4 Å². The number of carbonyl (C=O) groups excluding carboxylic acids is 5. The second-order valence-electron chi connectivity index (χ2n) is 18.7. The number of aromatic nitrogens is 1. The number of nitrogens with one attached hydrogen (secondary N) is 2. The minimum Gasteiger partial charge on any atom is -0.496 e. The number of hydrogen-bond donors (Lipinski definition) is 2. The molecular weight excluding hydrogens is 819 g/mol. The summed E-state index contributed by atoms with van der Waals surface area (Å²) in [6, 6.07) is 8.36. The summed E-state index contributed by atoms with van der Waals surface area (Å²) < 4.78 is 20.0. The molecule has 5 aliphatic heterocycles. The zero-order valence-corrected chi connectivity index (χ0v) is 37.5.